The minimum atomic E-state index is 0. The Morgan fingerprint density at radius 3 is 2.63 bits per heavy atom. The van der Waals surface area contributed by atoms with E-state index in [9.17, 15) is 4.79 Å². The first-order valence-corrected chi connectivity index (χ1v) is 9.17. The first-order chi connectivity index (χ1) is 12.2. The second-order valence-electron chi connectivity index (χ2n) is 7.48. The second-order valence-corrected chi connectivity index (χ2v) is 7.48. The van der Waals surface area contributed by atoms with Crippen LogP contribution in [0.2, 0.25) is 0 Å². The van der Waals surface area contributed by atoms with E-state index in [4.69, 9.17) is 5.73 Å². The van der Waals surface area contributed by atoms with Gasteiger partial charge in [0.15, 0.2) is 0 Å². The third-order valence-corrected chi connectivity index (χ3v) is 5.79. The largest absolute Gasteiger partial charge is 0.327 e. The summed E-state index contributed by atoms with van der Waals surface area (Å²) in [5.41, 5.74) is 8.28. The number of nitrogens with two attached hydrogens (primary N) is 1. The first-order valence-electron chi connectivity index (χ1n) is 9.17. The monoisotopic (exact) mass is 411 g/mol. The molecule has 2 unspecified atom stereocenters. The van der Waals surface area contributed by atoms with Gasteiger partial charge in [-0.25, -0.2) is 9.67 Å². The van der Waals surface area contributed by atoms with Crippen molar-refractivity contribution in [3.8, 4) is 0 Å². The molecular formula is C19H27Cl2N5O. The minimum absolute atomic E-state index is 0. The van der Waals surface area contributed by atoms with E-state index in [0.29, 0.717) is 24.4 Å². The third kappa shape index (κ3) is 5.00. The molecule has 8 heteroatoms. The fourth-order valence-corrected chi connectivity index (χ4v) is 4.50. The molecule has 2 atom stereocenters. The lowest BCUT2D eigenvalue weighted by molar-refractivity contribution is -0.122. The molecule has 2 fully saturated rings. The molecule has 27 heavy (non-hydrogen) atoms. The number of halogens is 2. The van der Waals surface area contributed by atoms with Crippen LogP contribution in [0, 0.1) is 17.8 Å². The Bertz CT molecular complexity index is 725. The van der Waals surface area contributed by atoms with Gasteiger partial charge in [0.25, 0.3) is 0 Å². The fourth-order valence-electron chi connectivity index (χ4n) is 4.50. The van der Waals surface area contributed by atoms with Crippen LogP contribution >= 0.6 is 24.8 Å². The number of hydrogen-bond acceptors (Lipinski definition) is 4. The standard InChI is InChI=1S/C19H25N5O.2ClH/c20-18-14-4-2-5-15(18)9-16(8-14)19(25)23-17-6-1-3-13(7-17)10-24-12-21-11-22-24;;/h1,3,6-7,11-12,14-16,18H,2,4-5,8-10,20H2,(H,23,25);2*1H. The highest BCUT2D eigenvalue weighted by Gasteiger charge is 2.40. The van der Waals surface area contributed by atoms with Gasteiger partial charge in [0.1, 0.15) is 12.7 Å². The number of amides is 1. The van der Waals surface area contributed by atoms with Gasteiger partial charge in [0, 0.05) is 17.6 Å². The van der Waals surface area contributed by atoms with Gasteiger partial charge >= 0.3 is 0 Å². The summed E-state index contributed by atoms with van der Waals surface area (Å²) < 4.78 is 1.77. The molecule has 4 rings (SSSR count). The number of carbonyl (C=O) groups is 1. The quantitative estimate of drug-likeness (QED) is 0.807. The summed E-state index contributed by atoms with van der Waals surface area (Å²) in [5, 5.41) is 7.23. The lowest BCUT2D eigenvalue weighted by Gasteiger charge is -2.43. The van der Waals surface area contributed by atoms with E-state index in [-0.39, 0.29) is 36.6 Å². The molecule has 2 bridgehead atoms. The predicted molar refractivity (Wildman–Crippen MR) is 110 cm³/mol. The van der Waals surface area contributed by atoms with Crippen LogP contribution in [0.5, 0.6) is 0 Å². The number of nitrogens with one attached hydrogen (secondary N) is 1. The van der Waals surface area contributed by atoms with Gasteiger partial charge in [-0.3, -0.25) is 4.79 Å². The number of benzene rings is 1. The minimum Gasteiger partial charge on any atom is -0.327 e. The number of hydrogen-bond donors (Lipinski definition) is 2. The maximum absolute atomic E-state index is 12.8. The molecule has 3 N–H and O–H groups in total. The van der Waals surface area contributed by atoms with Crippen LogP contribution in [0.4, 0.5) is 5.69 Å². The Balaban J connectivity index is 0.00000131. The average molecular weight is 412 g/mol. The predicted octanol–water partition coefficient (Wildman–Crippen LogP) is 3.26. The highest BCUT2D eigenvalue weighted by Crippen LogP contribution is 2.42. The normalized spacial score (nSPS) is 26.4. The number of nitrogens with zero attached hydrogens (tertiary/aromatic N) is 3. The van der Waals surface area contributed by atoms with Crippen LogP contribution in [0.25, 0.3) is 0 Å². The number of fused-ring (bicyclic) bond motifs is 2. The SMILES string of the molecule is Cl.Cl.NC1C2CCCC1CC(C(=O)Nc1cccc(Cn3cncn3)c1)C2. The Morgan fingerprint density at radius 1 is 1.22 bits per heavy atom. The molecule has 1 aromatic carbocycles. The smallest absolute Gasteiger partial charge is 0.227 e. The lowest BCUT2D eigenvalue weighted by atomic mass is 9.65. The molecule has 2 aromatic rings. The van der Waals surface area contributed by atoms with Crippen molar-refractivity contribution >= 4 is 36.4 Å². The summed E-state index contributed by atoms with van der Waals surface area (Å²) in [6, 6.07) is 8.24. The number of rotatable bonds is 4. The second kappa shape index (κ2) is 9.53. The van der Waals surface area contributed by atoms with E-state index >= 15 is 0 Å². The molecule has 0 aliphatic heterocycles. The summed E-state index contributed by atoms with van der Waals surface area (Å²) in [5.74, 6) is 1.26. The molecule has 1 heterocycles. The summed E-state index contributed by atoms with van der Waals surface area (Å²) in [6.07, 6.45) is 8.70. The van der Waals surface area contributed by atoms with Crippen molar-refractivity contribution in [2.75, 3.05) is 5.32 Å². The van der Waals surface area contributed by atoms with Crippen LogP contribution in [0.15, 0.2) is 36.9 Å². The highest BCUT2D eigenvalue weighted by molar-refractivity contribution is 5.92. The van der Waals surface area contributed by atoms with Crippen LogP contribution in [-0.2, 0) is 11.3 Å². The Morgan fingerprint density at radius 2 is 1.96 bits per heavy atom. The molecule has 6 nitrogen and oxygen atoms in total. The molecule has 2 saturated carbocycles. The lowest BCUT2D eigenvalue weighted by Crippen LogP contribution is -2.48. The van der Waals surface area contributed by atoms with Crippen molar-refractivity contribution < 1.29 is 4.79 Å². The van der Waals surface area contributed by atoms with E-state index in [2.05, 4.69) is 15.4 Å². The summed E-state index contributed by atoms with van der Waals surface area (Å²) in [4.78, 5) is 16.7. The van der Waals surface area contributed by atoms with Crippen LogP contribution in [0.1, 0.15) is 37.7 Å². The molecule has 1 aromatic heterocycles. The molecule has 0 spiro atoms. The van der Waals surface area contributed by atoms with Crippen LogP contribution < -0.4 is 11.1 Å². The maximum Gasteiger partial charge on any atom is 0.227 e. The van der Waals surface area contributed by atoms with Crippen molar-refractivity contribution in [1.82, 2.24) is 14.8 Å². The van der Waals surface area contributed by atoms with Gasteiger partial charge < -0.3 is 11.1 Å². The molecule has 2 aliphatic rings. The molecule has 148 valence electrons. The van der Waals surface area contributed by atoms with Gasteiger partial charge in [-0.05, 0) is 55.2 Å². The first kappa shape index (κ1) is 21.7. The zero-order valence-corrected chi connectivity index (χ0v) is 16.8. The molecule has 0 saturated heterocycles. The molecule has 0 radical (unpaired) electrons. The summed E-state index contributed by atoms with van der Waals surface area (Å²) in [7, 11) is 0. The number of carbonyl (C=O) groups excluding carboxylic acids is 1. The van der Waals surface area contributed by atoms with Crippen LogP contribution in [0.3, 0.4) is 0 Å². The number of aromatic nitrogens is 3. The summed E-state index contributed by atoms with van der Waals surface area (Å²) in [6.45, 7) is 0.645. The zero-order valence-electron chi connectivity index (χ0n) is 15.2. The van der Waals surface area contributed by atoms with Crippen molar-refractivity contribution in [3.05, 3.63) is 42.5 Å². The Kier molecular flexibility index (Phi) is 7.65. The zero-order chi connectivity index (χ0) is 17.2. The van der Waals surface area contributed by atoms with Gasteiger partial charge in [-0.1, -0.05) is 18.6 Å². The van der Waals surface area contributed by atoms with Gasteiger partial charge in [0.2, 0.25) is 5.91 Å². The number of anilines is 1. The summed E-state index contributed by atoms with van der Waals surface area (Å²) >= 11 is 0. The van der Waals surface area contributed by atoms with Crippen molar-refractivity contribution in [2.24, 2.45) is 23.5 Å². The highest BCUT2D eigenvalue weighted by atomic mass is 35.5. The van der Waals surface area contributed by atoms with Crippen molar-refractivity contribution in [2.45, 2.75) is 44.7 Å². The Hall–Kier alpha value is -1.63. The molecule has 1 amide bonds. The van der Waals surface area contributed by atoms with E-state index in [1.165, 1.54) is 25.6 Å². The van der Waals surface area contributed by atoms with E-state index < -0.39 is 0 Å². The van der Waals surface area contributed by atoms with Crippen molar-refractivity contribution in [1.29, 1.82) is 0 Å². The van der Waals surface area contributed by atoms with E-state index in [0.717, 1.165) is 24.1 Å². The van der Waals surface area contributed by atoms with Gasteiger partial charge in [-0.2, -0.15) is 5.10 Å². The van der Waals surface area contributed by atoms with E-state index in [1.54, 1.807) is 11.0 Å². The topological polar surface area (TPSA) is 85.8 Å². The maximum atomic E-state index is 12.8. The van der Waals surface area contributed by atoms with Crippen molar-refractivity contribution in [3.63, 3.8) is 0 Å². The Labute approximate surface area is 172 Å². The fraction of sp³-hybridized carbons (Fsp3) is 0.526. The average Bonchev–Trinajstić information content (AvgIpc) is 3.08. The molecular weight excluding hydrogens is 385 g/mol. The third-order valence-electron chi connectivity index (χ3n) is 5.79. The molecule has 2 aliphatic carbocycles. The van der Waals surface area contributed by atoms with Crippen LogP contribution in [-0.4, -0.2) is 26.7 Å². The van der Waals surface area contributed by atoms with Gasteiger partial charge in [0.05, 0.1) is 6.54 Å². The van der Waals surface area contributed by atoms with E-state index in [1.807, 2.05) is 24.3 Å². The van der Waals surface area contributed by atoms with Gasteiger partial charge in [-0.15, -0.1) is 24.8 Å².